The van der Waals surface area contributed by atoms with Crippen molar-refractivity contribution >= 4 is 5.91 Å². The van der Waals surface area contributed by atoms with Crippen LogP contribution in [0, 0.1) is 5.92 Å². The van der Waals surface area contributed by atoms with Crippen LogP contribution in [0.2, 0.25) is 0 Å². The molecule has 29 heavy (non-hydrogen) atoms. The third kappa shape index (κ3) is 6.27. The molecule has 156 valence electrons. The van der Waals surface area contributed by atoms with Gasteiger partial charge in [0.2, 0.25) is 0 Å². The lowest BCUT2D eigenvalue weighted by Gasteiger charge is -2.22. The molecule has 6 nitrogen and oxygen atoms in total. The normalized spacial score (nSPS) is 14.7. The van der Waals surface area contributed by atoms with Gasteiger partial charge < -0.3 is 20.5 Å². The highest BCUT2D eigenvalue weighted by molar-refractivity contribution is 5.93. The molecule has 1 aliphatic heterocycles. The summed E-state index contributed by atoms with van der Waals surface area (Å²) in [5.41, 5.74) is 1.91. The number of carbonyl (C=O) groups excluding carboxylic acids is 1. The van der Waals surface area contributed by atoms with Crippen molar-refractivity contribution in [1.29, 1.82) is 0 Å². The van der Waals surface area contributed by atoms with Crippen LogP contribution in [0.3, 0.4) is 0 Å². The number of hydrogen-bond acceptors (Lipinski definition) is 4. The predicted molar refractivity (Wildman–Crippen MR) is 116 cm³/mol. The topological polar surface area (TPSA) is 75.2 Å². The van der Waals surface area contributed by atoms with Crippen LogP contribution in [0.15, 0.2) is 47.4 Å². The number of carbonyl (C=O) groups is 1. The van der Waals surface area contributed by atoms with Crippen molar-refractivity contribution in [1.82, 2.24) is 20.5 Å². The van der Waals surface area contributed by atoms with Gasteiger partial charge in [-0.25, -0.2) is 0 Å². The largest absolute Gasteiger partial charge is 0.355 e. The molecule has 0 spiro atoms. The molecule has 3 rings (SSSR count). The highest BCUT2D eigenvalue weighted by Gasteiger charge is 2.14. The summed E-state index contributed by atoms with van der Waals surface area (Å²) in [6, 6.07) is 11.5. The van der Waals surface area contributed by atoms with Crippen LogP contribution in [0.5, 0.6) is 0 Å². The van der Waals surface area contributed by atoms with Crippen LogP contribution in [0.25, 0.3) is 0 Å². The number of piperidine rings is 1. The zero-order chi connectivity index (χ0) is 20.5. The summed E-state index contributed by atoms with van der Waals surface area (Å²) in [5.74, 6) is 0.496. The first-order valence-corrected chi connectivity index (χ1v) is 10.6. The Morgan fingerprint density at radius 3 is 2.66 bits per heavy atom. The average molecular weight is 397 g/mol. The molecule has 0 saturated carbocycles. The summed E-state index contributed by atoms with van der Waals surface area (Å²) < 4.78 is 1.63. The maximum atomic E-state index is 12.8. The van der Waals surface area contributed by atoms with E-state index in [1.165, 1.54) is 19.3 Å². The molecule has 2 aromatic rings. The molecule has 1 aromatic heterocycles. The van der Waals surface area contributed by atoms with Gasteiger partial charge in [-0.3, -0.25) is 9.59 Å². The Morgan fingerprint density at radius 1 is 1.17 bits per heavy atom. The number of benzene rings is 1. The average Bonchev–Trinajstić information content (AvgIpc) is 2.76. The number of nitrogens with zero attached hydrogens (tertiary/aromatic N) is 1. The Hall–Kier alpha value is -2.44. The molecular weight excluding hydrogens is 364 g/mol. The van der Waals surface area contributed by atoms with Gasteiger partial charge in [-0.05, 0) is 68.4 Å². The number of nitrogens with one attached hydrogen (secondary N) is 3. The standard InChI is InChI=1S/C23H32N4O2/c1-24-22(28)21-14-20(15-26-11-5-8-18-9-12-25-13-10-18)17-27(23(21)29)16-19-6-3-2-4-7-19/h2-4,6-7,14,17-18,25-26H,5,8-13,15-16H2,1H3,(H,24,28). The van der Waals surface area contributed by atoms with E-state index in [1.54, 1.807) is 17.7 Å². The fourth-order valence-electron chi connectivity index (χ4n) is 3.91. The summed E-state index contributed by atoms with van der Waals surface area (Å²) in [5, 5.41) is 9.46. The number of rotatable bonds is 9. The quantitative estimate of drug-likeness (QED) is 0.568. The van der Waals surface area contributed by atoms with Gasteiger partial charge in [-0.1, -0.05) is 30.3 Å². The summed E-state index contributed by atoms with van der Waals surface area (Å²) in [6.07, 6.45) is 6.82. The summed E-state index contributed by atoms with van der Waals surface area (Å²) in [4.78, 5) is 24.9. The molecular formula is C23H32N4O2. The van der Waals surface area contributed by atoms with E-state index < -0.39 is 0 Å². The van der Waals surface area contributed by atoms with Gasteiger partial charge in [0, 0.05) is 19.8 Å². The van der Waals surface area contributed by atoms with E-state index in [4.69, 9.17) is 0 Å². The second-order valence-corrected chi connectivity index (χ2v) is 7.77. The van der Waals surface area contributed by atoms with Crippen LogP contribution in [-0.4, -0.2) is 37.2 Å². The molecule has 1 aliphatic rings. The highest BCUT2D eigenvalue weighted by atomic mass is 16.2. The van der Waals surface area contributed by atoms with Crippen LogP contribution < -0.4 is 21.5 Å². The lowest BCUT2D eigenvalue weighted by molar-refractivity contribution is 0.0961. The third-order valence-corrected chi connectivity index (χ3v) is 5.56. The fraction of sp³-hybridized carbons (Fsp3) is 0.478. The maximum absolute atomic E-state index is 12.8. The Balaban J connectivity index is 1.63. The van der Waals surface area contributed by atoms with E-state index in [0.717, 1.165) is 43.1 Å². The monoisotopic (exact) mass is 396 g/mol. The number of aromatic nitrogens is 1. The Kier molecular flexibility index (Phi) is 8.02. The molecule has 2 heterocycles. The lowest BCUT2D eigenvalue weighted by atomic mass is 9.93. The number of pyridine rings is 1. The van der Waals surface area contributed by atoms with Crippen molar-refractivity contribution in [3.05, 3.63) is 69.6 Å². The van der Waals surface area contributed by atoms with Crippen molar-refractivity contribution in [2.45, 2.75) is 38.8 Å². The van der Waals surface area contributed by atoms with E-state index in [-0.39, 0.29) is 17.0 Å². The molecule has 6 heteroatoms. The Labute approximate surface area is 172 Å². The Bertz CT molecular complexity index is 842. The van der Waals surface area contributed by atoms with Gasteiger partial charge in [-0.15, -0.1) is 0 Å². The molecule has 0 aliphatic carbocycles. The minimum Gasteiger partial charge on any atom is -0.355 e. The first-order valence-electron chi connectivity index (χ1n) is 10.6. The summed E-state index contributed by atoms with van der Waals surface area (Å²) >= 11 is 0. The van der Waals surface area contributed by atoms with Gasteiger partial charge in [0.05, 0.1) is 6.54 Å². The number of amides is 1. The zero-order valence-corrected chi connectivity index (χ0v) is 17.2. The van der Waals surface area contributed by atoms with E-state index in [9.17, 15) is 9.59 Å². The molecule has 0 radical (unpaired) electrons. The fourth-order valence-corrected chi connectivity index (χ4v) is 3.91. The molecule has 0 unspecified atom stereocenters. The van der Waals surface area contributed by atoms with Crippen LogP contribution >= 0.6 is 0 Å². The van der Waals surface area contributed by atoms with Crippen molar-refractivity contribution in [2.24, 2.45) is 5.92 Å². The Morgan fingerprint density at radius 2 is 1.93 bits per heavy atom. The summed E-state index contributed by atoms with van der Waals surface area (Å²) in [7, 11) is 1.55. The van der Waals surface area contributed by atoms with Gasteiger partial charge in [0.1, 0.15) is 5.56 Å². The first kappa shape index (κ1) is 21.3. The molecule has 1 aromatic carbocycles. The third-order valence-electron chi connectivity index (χ3n) is 5.56. The summed E-state index contributed by atoms with van der Waals surface area (Å²) in [6.45, 7) is 4.32. The molecule has 0 atom stereocenters. The first-order chi connectivity index (χ1) is 14.2. The molecule has 1 fully saturated rings. The zero-order valence-electron chi connectivity index (χ0n) is 17.2. The van der Waals surface area contributed by atoms with Crippen LogP contribution in [0.1, 0.15) is 47.2 Å². The van der Waals surface area contributed by atoms with Crippen LogP contribution in [-0.2, 0) is 13.1 Å². The van der Waals surface area contributed by atoms with E-state index in [0.29, 0.717) is 13.1 Å². The molecule has 3 N–H and O–H groups in total. The number of hydrogen-bond donors (Lipinski definition) is 3. The van der Waals surface area contributed by atoms with E-state index in [1.807, 2.05) is 36.5 Å². The van der Waals surface area contributed by atoms with Crippen molar-refractivity contribution in [2.75, 3.05) is 26.7 Å². The lowest BCUT2D eigenvalue weighted by Crippen LogP contribution is -2.32. The SMILES string of the molecule is CNC(=O)c1cc(CNCCCC2CCNCC2)cn(Cc2ccccc2)c1=O. The predicted octanol–water partition coefficient (Wildman–Crippen LogP) is 2.13. The van der Waals surface area contributed by atoms with Gasteiger partial charge in [0.15, 0.2) is 0 Å². The van der Waals surface area contributed by atoms with Crippen LogP contribution in [0.4, 0.5) is 0 Å². The second kappa shape index (κ2) is 10.9. The van der Waals surface area contributed by atoms with Crippen molar-refractivity contribution < 1.29 is 4.79 Å². The van der Waals surface area contributed by atoms with E-state index >= 15 is 0 Å². The maximum Gasteiger partial charge on any atom is 0.263 e. The van der Waals surface area contributed by atoms with Gasteiger partial charge in [-0.2, -0.15) is 0 Å². The molecule has 1 saturated heterocycles. The van der Waals surface area contributed by atoms with Gasteiger partial charge >= 0.3 is 0 Å². The smallest absolute Gasteiger partial charge is 0.263 e. The highest BCUT2D eigenvalue weighted by Crippen LogP contribution is 2.17. The molecule has 1 amide bonds. The minimum atomic E-state index is -0.343. The van der Waals surface area contributed by atoms with E-state index in [2.05, 4.69) is 16.0 Å². The van der Waals surface area contributed by atoms with Crippen molar-refractivity contribution in [3.63, 3.8) is 0 Å². The van der Waals surface area contributed by atoms with Gasteiger partial charge in [0.25, 0.3) is 11.5 Å². The second-order valence-electron chi connectivity index (χ2n) is 7.77. The molecule has 0 bridgehead atoms. The van der Waals surface area contributed by atoms with Crippen molar-refractivity contribution in [3.8, 4) is 0 Å². The minimum absolute atomic E-state index is 0.192.